The predicted octanol–water partition coefficient (Wildman–Crippen LogP) is 4.05. The molecule has 2 nitrogen and oxygen atoms in total. The van der Waals surface area contributed by atoms with E-state index in [0.717, 1.165) is 36.1 Å². The molecule has 1 atom stereocenters. The predicted molar refractivity (Wildman–Crippen MR) is 78.6 cm³/mol. The lowest BCUT2D eigenvalue weighted by Crippen LogP contribution is -2.27. The Morgan fingerprint density at radius 3 is 2.80 bits per heavy atom. The van der Waals surface area contributed by atoms with Crippen molar-refractivity contribution in [2.45, 2.75) is 25.3 Å². The van der Waals surface area contributed by atoms with Crippen LogP contribution in [0.1, 0.15) is 30.0 Å². The minimum Gasteiger partial charge on any atom is -0.508 e. The molecule has 0 radical (unpaired) electrons. The average molecular weight is 271 g/mol. The lowest BCUT2D eigenvalue weighted by Gasteiger charge is -2.35. The van der Waals surface area contributed by atoms with E-state index in [1.165, 1.54) is 6.07 Å². The smallest absolute Gasteiger partial charge is 0.125 e. The van der Waals surface area contributed by atoms with E-state index in [1.807, 2.05) is 19.2 Å². The molecular weight excluding hydrogens is 253 g/mol. The largest absolute Gasteiger partial charge is 0.508 e. The highest BCUT2D eigenvalue weighted by molar-refractivity contribution is 5.51. The van der Waals surface area contributed by atoms with Crippen molar-refractivity contribution in [3.63, 3.8) is 0 Å². The van der Waals surface area contributed by atoms with Gasteiger partial charge in [-0.3, -0.25) is 0 Å². The quantitative estimate of drug-likeness (QED) is 0.891. The summed E-state index contributed by atoms with van der Waals surface area (Å²) >= 11 is 0. The molecule has 0 heterocycles. The summed E-state index contributed by atoms with van der Waals surface area (Å²) in [5, 5.41) is 9.99. The van der Waals surface area contributed by atoms with Crippen LogP contribution in [-0.2, 0) is 6.42 Å². The maximum atomic E-state index is 13.4. The van der Waals surface area contributed by atoms with E-state index < -0.39 is 0 Å². The van der Waals surface area contributed by atoms with Gasteiger partial charge in [-0.1, -0.05) is 18.2 Å². The second-order valence-corrected chi connectivity index (χ2v) is 5.34. The fourth-order valence-corrected chi connectivity index (χ4v) is 3.08. The number of phenols is 1. The van der Waals surface area contributed by atoms with Gasteiger partial charge in [-0.25, -0.2) is 4.39 Å². The zero-order valence-electron chi connectivity index (χ0n) is 11.5. The molecule has 1 unspecified atom stereocenters. The first kappa shape index (κ1) is 13.0. The van der Waals surface area contributed by atoms with Gasteiger partial charge < -0.3 is 10.0 Å². The summed E-state index contributed by atoms with van der Waals surface area (Å²) in [7, 11) is 1.98. The van der Waals surface area contributed by atoms with Crippen molar-refractivity contribution in [3.05, 3.63) is 59.4 Å². The second kappa shape index (κ2) is 5.16. The van der Waals surface area contributed by atoms with Gasteiger partial charge in [-0.2, -0.15) is 0 Å². The zero-order valence-corrected chi connectivity index (χ0v) is 11.5. The Labute approximate surface area is 118 Å². The van der Waals surface area contributed by atoms with E-state index >= 15 is 0 Å². The number of halogens is 1. The molecule has 1 aliphatic carbocycles. The molecule has 2 aromatic carbocycles. The van der Waals surface area contributed by atoms with Crippen LogP contribution in [0.3, 0.4) is 0 Å². The summed E-state index contributed by atoms with van der Waals surface area (Å²) in [4.78, 5) is 2.10. The third-order valence-electron chi connectivity index (χ3n) is 4.13. The van der Waals surface area contributed by atoms with Crippen LogP contribution in [0.2, 0.25) is 0 Å². The summed E-state index contributed by atoms with van der Waals surface area (Å²) in [6, 6.07) is 12.5. The van der Waals surface area contributed by atoms with E-state index in [2.05, 4.69) is 11.0 Å². The molecule has 3 rings (SSSR count). The molecule has 2 aromatic rings. The Balaban J connectivity index is 1.98. The highest BCUT2D eigenvalue weighted by atomic mass is 19.1. The van der Waals surface area contributed by atoms with Crippen LogP contribution < -0.4 is 4.90 Å². The molecule has 1 aliphatic rings. The third-order valence-corrected chi connectivity index (χ3v) is 4.13. The van der Waals surface area contributed by atoms with Crippen molar-refractivity contribution in [2.75, 3.05) is 11.9 Å². The molecule has 104 valence electrons. The van der Waals surface area contributed by atoms with E-state index in [-0.39, 0.29) is 11.9 Å². The van der Waals surface area contributed by atoms with Crippen molar-refractivity contribution in [1.82, 2.24) is 0 Å². The molecule has 0 bridgehead atoms. The molecule has 0 aromatic heterocycles. The first-order valence-corrected chi connectivity index (χ1v) is 6.96. The summed E-state index contributed by atoms with van der Waals surface area (Å²) in [5.74, 6) is 0.154. The fraction of sp³-hybridized carbons (Fsp3) is 0.294. The number of hydrogen-bond acceptors (Lipinski definition) is 2. The highest BCUT2D eigenvalue weighted by Crippen LogP contribution is 2.39. The second-order valence-electron chi connectivity index (χ2n) is 5.34. The van der Waals surface area contributed by atoms with Crippen LogP contribution in [0.15, 0.2) is 42.5 Å². The van der Waals surface area contributed by atoms with Crippen LogP contribution in [-0.4, -0.2) is 12.2 Å². The van der Waals surface area contributed by atoms with E-state index in [0.29, 0.717) is 5.75 Å². The van der Waals surface area contributed by atoms with Crippen molar-refractivity contribution in [1.29, 1.82) is 0 Å². The molecule has 3 heteroatoms. The number of fused-ring (bicyclic) bond motifs is 1. The summed E-state index contributed by atoms with van der Waals surface area (Å²) in [6.45, 7) is 0. The Kier molecular flexibility index (Phi) is 3.35. The Morgan fingerprint density at radius 2 is 2.00 bits per heavy atom. The van der Waals surface area contributed by atoms with Crippen LogP contribution >= 0.6 is 0 Å². The van der Waals surface area contributed by atoms with Crippen molar-refractivity contribution < 1.29 is 9.50 Å². The van der Waals surface area contributed by atoms with Crippen molar-refractivity contribution in [2.24, 2.45) is 0 Å². The zero-order chi connectivity index (χ0) is 14.1. The molecule has 0 saturated heterocycles. The number of aromatic hydroxyl groups is 1. The van der Waals surface area contributed by atoms with E-state index in [9.17, 15) is 9.50 Å². The molecular formula is C17H18FNO. The van der Waals surface area contributed by atoms with Gasteiger partial charge >= 0.3 is 0 Å². The van der Waals surface area contributed by atoms with Gasteiger partial charge in [-0.05, 0) is 54.7 Å². The lowest BCUT2D eigenvalue weighted by atomic mass is 9.86. The van der Waals surface area contributed by atoms with E-state index in [4.69, 9.17) is 0 Å². The standard InChI is InChI=1S/C17H18FNO/c1-19(13-6-2-5-12(18)11-13)16-9-3-8-15-14(16)7-4-10-17(15)20/h2,4-7,10-11,16,20H,3,8-9H2,1H3. The third kappa shape index (κ3) is 2.24. The van der Waals surface area contributed by atoms with Gasteiger partial charge in [0.05, 0.1) is 6.04 Å². The van der Waals surface area contributed by atoms with Gasteiger partial charge in [-0.15, -0.1) is 0 Å². The van der Waals surface area contributed by atoms with E-state index in [1.54, 1.807) is 18.2 Å². The van der Waals surface area contributed by atoms with Crippen LogP contribution in [0.5, 0.6) is 5.75 Å². The number of hydrogen-bond donors (Lipinski definition) is 1. The SMILES string of the molecule is CN(c1cccc(F)c1)C1CCCc2c(O)cccc21. The number of benzene rings is 2. The lowest BCUT2D eigenvalue weighted by molar-refractivity contribution is 0.452. The molecule has 20 heavy (non-hydrogen) atoms. The van der Waals surface area contributed by atoms with Crippen LogP contribution in [0.4, 0.5) is 10.1 Å². The molecule has 0 fully saturated rings. The van der Waals surface area contributed by atoms with Gasteiger partial charge in [0.1, 0.15) is 11.6 Å². The van der Waals surface area contributed by atoms with Crippen LogP contribution in [0, 0.1) is 5.82 Å². The average Bonchev–Trinajstić information content (AvgIpc) is 2.46. The number of nitrogens with zero attached hydrogens (tertiary/aromatic N) is 1. The Bertz CT molecular complexity index is 626. The minimum absolute atomic E-state index is 0.188. The molecule has 0 amide bonds. The number of anilines is 1. The van der Waals surface area contributed by atoms with Crippen LogP contribution in [0.25, 0.3) is 0 Å². The maximum Gasteiger partial charge on any atom is 0.125 e. The van der Waals surface area contributed by atoms with Crippen molar-refractivity contribution >= 4 is 5.69 Å². The first-order chi connectivity index (χ1) is 9.66. The Hall–Kier alpha value is -2.03. The highest BCUT2D eigenvalue weighted by Gasteiger charge is 2.25. The number of rotatable bonds is 2. The molecule has 1 N–H and O–H groups in total. The molecule has 0 aliphatic heterocycles. The van der Waals surface area contributed by atoms with Gasteiger partial charge in [0.15, 0.2) is 0 Å². The summed E-state index contributed by atoms with van der Waals surface area (Å²) in [6.07, 6.45) is 2.97. The summed E-state index contributed by atoms with van der Waals surface area (Å²) < 4.78 is 13.4. The normalized spacial score (nSPS) is 17.6. The van der Waals surface area contributed by atoms with Gasteiger partial charge in [0.2, 0.25) is 0 Å². The summed E-state index contributed by atoms with van der Waals surface area (Å²) in [5.41, 5.74) is 3.06. The first-order valence-electron chi connectivity index (χ1n) is 6.96. The Morgan fingerprint density at radius 1 is 1.20 bits per heavy atom. The van der Waals surface area contributed by atoms with Gasteiger partial charge in [0.25, 0.3) is 0 Å². The topological polar surface area (TPSA) is 23.5 Å². The monoisotopic (exact) mass is 271 g/mol. The number of phenolic OH excluding ortho intramolecular Hbond substituents is 1. The fourth-order valence-electron chi connectivity index (χ4n) is 3.08. The molecule has 0 saturated carbocycles. The molecule has 0 spiro atoms. The van der Waals surface area contributed by atoms with Crippen molar-refractivity contribution in [3.8, 4) is 5.75 Å². The van der Waals surface area contributed by atoms with Gasteiger partial charge in [0, 0.05) is 12.7 Å². The minimum atomic E-state index is -0.221. The maximum absolute atomic E-state index is 13.4.